The first-order valence-corrected chi connectivity index (χ1v) is 8.39. The Labute approximate surface area is 152 Å². The molecular formula is C19H14INO3. The van der Waals surface area contributed by atoms with Gasteiger partial charge in [-0.3, -0.25) is 9.59 Å². The first-order valence-electron chi connectivity index (χ1n) is 7.31. The molecule has 0 saturated carbocycles. The molecule has 0 aliphatic carbocycles. The summed E-state index contributed by atoms with van der Waals surface area (Å²) >= 11 is 2.19. The van der Waals surface area contributed by atoms with E-state index in [-0.39, 0.29) is 11.4 Å². The predicted molar refractivity (Wildman–Crippen MR) is 104 cm³/mol. The third-order valence-electron chi connectivity index (χ3n) is 3.43. The summed E-state index contributed by atoms with van der Waals surface area (Å²) in [5, 5.41) is 0.657. The number of para-hydroxylation sites is 1. The summed E-state index contributed by atoms with van der Waals surface area (Å²) in [5.41, 5.74) is 2.21. The largest absolute Gasteiger partial charge is 0.426 e. The van der Waals surface area contributed by atoms with Crippen LogP contribution in [0.4, 0.5) is 0 Å². The van der Waals surface area contributed by atoms with Crippen LogP contribution in [0.3, 0.4) is 0 Å². The molecule has 0 amide bonds. The van der Waals surface area contributed by atoms with E-state index < -0.39 is 0 Å². The Morgan fingerprint density at radius 1 is 1.12 bits per heavy atom. The zero-order valence-corrected chi connectivity index (χ0v) is 15.0. The molecule has 24 heavy (non-hydrogen) atoms. The van der Waals surface area contributed by atoms with Gasteiger partial charge in [0, 0.05) is 38.7 Å². The minimum Gasteiger partial charge on any atom is -0.426 e. The van der Waals surface area contributed by atoms with Gasteiger partial charge in [-0.2, -0.15) is 0 Å². The molecule has 5 heteroatoms. The lowest BCUT2D eigenvalue weighted by molar-refractivity contribution is -0.131. The van der Waals surface area contributed by atoms with E-state index in [4.69, 9.17) is 4.74 Å². The molecule has 3 rings (SSSR count). The number of aromatic amines is 1. The number of H-pyrrole nitrogens is 1. The molecule has 0 atom stereocenters. The lowest BCUT2D eigenvalue weighted by Crippen LogP contribution is -2.03. The average molecular weight is 431 g/mol. The standard InChI is InChI=1S/C19H14INO3/c1-12(22)24-19-9-7-14(20)10-13(19)6-8-15-11-18(23)16-4-2-3-5-17(16)21-15/h2-11H,1H3,(H,21,23)/b8-6+. The summed E-state index contributed by atoms with van der Waals surface area (Å²) in [6, 6.07) is 14.5. The fourth-order valence-electron chi connectivity index (χ4n) is 2.38. The number of benzene rings is 2. The summed E-state index contributed by atoms with van der Waals surface area (Å²) in [6.45, 7) is 1.37. The zero-order valence-electron chi connectivity index (χ0n) is 12.9. The van der Waals surface area contributed by atoms with Crippen molar-refractivity contribution in [1.82, 2.24) is 4.98 Å². The molecule has 1 heterocycles. The molecule has 1 N–H and O–H groups in total. The van der Waals surface area contributed by atoms with Crippen LogP contribution in [-0.4, -0.2) is 11.0 Å². The molecule has 1 aromatic heterocycles. The fraction of sp³-hybridized carbons (Fsp3) is 0.0526. The number of rotatable bonds is 3. The van der Waals surface area contributed by atoms with Gasteiger partial charge in [-0.15, -0.1) is 0 Å². The van der Waals surface area contributed by atoms with Crippen molar-refractivity contribution >= 4 is 51.6 Å². The van der Waals surface area contributed by atoms with Gasteiger partial charge < -0.3 is 9.72 Å². The Kier molecular flexibility index (Phi) is 4.80. The van der Waals surface area contributed by atoms with Crippen molar-refractivity contribution in [2.75, 3.05) is 0 Å². The minimum absolute atomic E-state index is 0.0353. The van der Waals surface area contributed by atoms with Crippen molar-refractivity contribution in [2.45, 2.75) is 6.92 Å². The van der Waals surface area contributed by atoms with E-state index in [1.807, 2.05) is 36.4 Å². The first-order chi connectivity index (χ1) is 11.5. The highest BCUT2D eigenvalue weighted by atomic mass is 127. The molecular weight excluding hydrogens is 417 g/mol. The predicted octanol–water partition coefficient (Wildman–Crippen LogP) is 4.23. The number of carbonyl (C=O) groups excluding carboxylic acids is 1. The summed E-state index contributed by atoms with van der Waals surface area (Å²) in [7, 11) is 0. The van der Waals surface area contributed by atoms with Gasteiger partial charge in [0.05, 0.1) is 0 Å². The van der Waals surface area contributed by atoms with E-state index in [9.17, 15) is 9.59 Å². The van der Waals surface area contributed by atoms with Crippen molar-refractivity contribution in [3.05, 3.63) is 73.6 Å². The van der Waals surface area contributed by atoms with Crippen LogP contribution in [0.15, 0.2) is 53.3 Å². The van der Waals surface area contributed by atoms with E-state index >= 15 is 0 Å². The van der Waals surface area contributed by atoms with Crippen molar-refractivity contribution < 1.29 is 9.53 Å². The SMILES string of the molecule is CC(=O)Oc1ccc(I)cc1/C=C/c1cc(=O)c2ccccc2[nH]1. The van der Waals surface area contributed by atoms with Gasteiger partial charge >= 0.3 is 5.97 Å². The number of nitrogens with one attached hydrogen (secondary N) is 1. The third-order valence-corrected chi connectivity index (χ3v) is 4.10. The molecule has 0 bridgehead atoms. The summed E-state index contributed by atoms with van der Waals surface area (Å²) in [4.78, 5) is 26.6. The first kappa shape index (κ1) is 16.4. The maximum Gasteiger partial charge on any atom is 0.308 e. The van der Waals surface area contributed by atoms with Gasteiger partial charge in [0.1, 0.15) is 5.75 Å². The zero-order chi connectivity index (χ0) is 17.1. The van der Waals surface area contributed by atoms with Gasteiger partial charge in [0.2, 0.25) is 0 Å². The minimum atomic E-state index is -0.370. The van der Waals surface area contributed by atoms with Crippen LogP contribution in [0, 0.1) is 3.57 Å². The second-order valence-corrected chi connectivity index (χ2v) is 6.49. The number of pyridine rings is 1. The lowest BCUT2D eigenvalue weighted by Gasteiger charge is -2.06. The molecule has 0 spiro atoms. The van der Waals surface area contributed by atoms with E-state index in [2.05, 4.69) is 27.6 Å². The van der Waals surface area contributed by atoms with Crippen LogP contribution in [0.25, 0.3) is 23.1 Å². The van der Waals surface area contributed by atoms with Crippen LogP contribution in [-0.2, 0) is 4.79 Å². The monoisotopic (exact) mass is 431 g/mol. The number of hydrogen-bond acceptors (Lipinski definition) is 3. The topological polar surface area (TPSA) is 59.2 Å². The van der Waals surface area contributed by atoms with Crippen molar-refractivity contribution in [1.29, 1.82) is 0 Å². The van der Waals surface area contributed by atoms with Crippen LogP contribution in [0.1, 0.15) is 18.2 Å². The van der Waals surface area contributed by atoms with Gasteiger partial charge in [-0.05, 0) is 65.1 Å². The molecule has 0 unspecified atom stereocenters. The molecule has 0 saturated heterocycles. The van der Waals surface area contributed by atoms with Gasteiger partial charge in [0.25, 0.3) is 0 Å². The van der Waals surface area contributed by atoms with Crippen LogP contribution >= 0.6 is 22.6 Å². The highest BCUT2D eigenvalue weighted by molar-refractivity contribution is 14.1. The summed E-state index contributed by atoms with van der Waals surface area (Å²) in [6.07, 6.45) is 3.62. The maximum atomic E-state index is 12.2. The quantitative estimate of drug-likeness (QED) is 0.384. The van der Waals surface area contributed by atoms with Gasteiger partial charge in [-0.1, -0.05) is 12.1 Å². The third kappa shape index (κ3) is 3.73. The number of halogens is 1. The number of fused-ring (bicyclic) bond motifs is 1. The van der Waals surface area contributed by atoms with E-state index in [1.54, 1.807) is 24.3 Å². The van der Waals surface area contributed by atoms with Gasteiger partial charge in [-0.25, -0.2) is 0 Å². The smallest absolute Gasteiger partial charge is 0.308 e. The highest BCUT2D eigenvalue weighted by Gasteiger charge is 2.05. The molecule has 4 nitrogen and oxygen atoms in total. The molecule has 2 aromatic carbocycles. The van der Waals surface area contributed by atoms with E-state index in [0.29, 0.717) is 16.8 Å². The fourth-order valence-corrected chi connectivity index (χ4v) is 2.90. The van der Waals surface area contributed by atoms with E-state index in [1.165, 1.54) is 6.92 Å². The Bertz CT molecular complexity index is 1000. The Morgan fingerprint density at radius 3 is 2.71 bits per heavy atom. The number of carbonyl (C=O) groups is 1. The highest BCUT2D eigenvalue weighted by Crippen LogP contribution is 2.23. The normalized spacial score (nSPS) is 11.1. The molecule has 120 valence electrons. The molecule has 0 aliphatic rings. The molecule has 0 aliphatic heterocycles. The van der Waals surface area contributed by atoms with Crippen LogP contribution < -0.4 is 10.2 Å². The van der Waals surface area contributed by atoms with Gasteiger partial charge in [0.15, 0.2) is 5.43 Å². The van der Waals surface area contributed by atoms with Crippen LogP contribution in [0.2, 0.25) is 0 Å². The number of hydrogen-bond donors (Lipinski definition) is 1. The molecule has 3 aromatic rings. The van der Waals surface area contributed by atoms with Crippen molar-refractivity contribution in [3.63, 3.8) is 0 Å². The second-order valence-electron chi connectivity index (χ2n) is 5.24. The van der Waals surface area contributed by atoms with Crippen molar-refractivity contribution in [3.8, 4) is 5.75 Å². The summed E-state index contributed by atoms with van der Waals surface area (Å²) < 4.78 is 6.24. The lowest BCUT2D eigenvalue weighted by atomic mass is 10.1. The average Bonchev–Trinajstić information content (AvgIpc) is 2.55. The van der Waals surface area contributed by atoms with Crippen LogP contribution in [0.5, 0.6) is 5.75 Å². The van der Waals surface area contributed by atoms with E-state index in [0.717, 1.165) is 14.7 Å². The Balaban J connectivity index is 2.01. The second kappa shape index (κ2) is 7.00. The Hall–Kier alpha value is -2.41. The Morgan fingerprint density at radius 2 is 1.92 bits per heavy atom. The molecule has 0 radical (unpaired) electrons. The number of esters is 1. The number of ether oxygens (including phenoxy) is 1. The maximum absolute atomic E-state index is 12.2. The summed E-state index contributed by atoms with van der Waals surface area (Å²) in [5.74, 6) is 0.118. The van der Waals surface area contributed by atoms with Crippen molar-refractivity contribution in [2.24, 2.45) is 0 Å². The molecule has 0 fully saturated rings. The number of aromatic nitrogens is 1.